The summed E-state index contributed by atoms with van der Waals surface area (Å²) in [5.41, 5.74) is 5.71. The summed E-state index contributed by atoms with van der Waals surface area (Å²) < 4.78 is 5.38. The van der Waals surface area contributed by atoms with Crippen molar-refractivity contribution in [3.8, 4) is 0 Å². The van der Waals surface area contributed by atoms with E-state index in [1.165, 1.54) is 13.2 Å². The van der Waals surface area contributed by atoms with Gasteiger partial charge in [-0.2, -0.15) is 0 Å². The van der Waals surface area contributed by atoms with Gasteiger partial charge in [0.05, 0.1) is 25.3 Å². The van der Waals surface area contributed by atoms with Crippen LogP contribution in [0.2, 0.25) is 0 Å². The van der Waals surface area contributed by atoms with Crippen molar-refractivity contribution in [2.24, 2.45) is 17.6 Å². The van der Waals surface area contributed by atoms with E-state index < -0.39 is 0 Å². The first-order chi connectivity index (χ1) is 11.3. The zero-order valence-corrected chi connectivity index (χ0v) is 15.3. The molecule has 1 aliphatic rings. The number of carbonyl (C=O) groups excluding carboxylic acids is 3. The molecule has 0 bridgehead atoms. The van der Waals surface area contributed by atoms with Gasteiger partial charge in [-0.05, 0) is 37.8 Å². The van der Waals surface area contributed by atoms with E-state index in [-0.39, 0.29) is 41.7 Å². The molecule has 1 saturated carbocycles. The lowest BCUT2D eigenvalue weighted by Gasteiger charge is -2.25. The number of ether oxygens (including phenoxy) is 1. The molecule has 1 rings (SSSR count). The van der Waals surface area contributed by atoms with E-state index >= 15 is 0 Å². The molecule has 0 atom stereocenters. The van der Waals surface area contributed by atoms with Crippen LogP contribution < -0.4 is 11.1 Å². The zero-order chi connectivity index (χ0) is 18.1. The molecule has 6 nitrogen and oxygen atoms in total. The summed E-state index contributed by atoms with van der Waals surface area (Å²) in [6, 6.07) is 0. The third-order valence-electron chi connectivity index (χ3n) is 3.93. The lowest BCUT2D eigenvalue weighted by atomic mass is 9.81. The monoisotopic (exact) mass is 398 g/mol. The van der Waals surface area contributed by atoms with Gasteiger partial charge in [0.15, 0.2) is 5.78 Å². The van der Waals surface area contributed by atoms with Crippen molar-refractivity contribution in [2.45, 2.75) is 25.7 Å². The fraction of sp³-hybridized carbons (Fsp3) is 0.471. The maximum Gasteiger partial charge on any atom is 0.308 e. The Morgan fingerprint density at radius 1 is 1.25 bits per heavy atom. The van der Waals surface area contributed by atoms with E-state index in [0.29, 0.717) is 30.2 Å². The summed E-state index contributed by atoms with van der Waals surface area (Å²) in [6.07, 6.45) is 7.19. The Balaban J connectivity index is 2.40. The molecule has 0 aromatic carbocycles. The normalized spacial score (nSPS) is 21.3. The Labute approximate surface area is 150 Å². The highest BCUT2D eigenvalue weighted by molar-refractivity contribution is 9.11. The van der Waals surface area contributed by atoms with Crippen LogP contribution in [0.15, 0.2) is 35.0 Å². The smallest absolute Gasteiger partial charge is 0.308 e. The second kappa shape index (κ2) is 10.1. The Hall–Kier alpha value is -1.89. The first-order valence-electron chi connectivity index (χ1n) is 7.72. The minimum absolute atomic E-state index is 0.0645. The number of halogens is 1. The molecule has 3 N–H and O–H groups in total. The molecule has 7 heteroatoms. The van der Waals surface area contributed by atoms with Crippen LogP contribution in [0, 0.1) is 11.8 Å². The third kappa shape index (κ3) is 6.70. The van der Waals surface area contributed by atoms with Crippen LogP contribution in [0.25, 0.3) is 0 Å². The van der Waals surface area contributed by atoms with Crippen LogP contribution in [-0.2, 0) is 19.1 Å². The number of rotatable bonds is 7. The van der Waals surface area contributed by atoms with Gasteiger partial charge in [-0.15, -0.1) is 0 Å². The second-order valence-electron chi connectivity index (χ2n) is 5.64. The van der Waals surface area contributed by atoms with Crippen LogP contribution in [0.4, 0.5) is 0 Å². The molecular weight excluding hydrogens is 376 g/mol. The zero-order valence-electron chi connectivity index (χ0n) is 13.7. The highest BCUT2D eigenvalue weighted by Gasteiger charge is 2.30. The molecule has 1 amide bonds. The van der Waals surface area contributed by atoms with Gasteiger partial charge in [0.1, 0.15) is 0 Å². The van der Waals surface area contributed by atoms with Crippen LogP contribution in [0.5, 0.6) is 0 Å². The topological polar surface area (TPSA) is 98.5 Å². The maximum absolute atomic E-state index is 12.1. The van der Waals surface area contributed by atoms with Crippen LogP contribution in [0.3, 0.4) is 0 Å². The Kier molecular flexibility index (Phi) is 8.46. The second-order valence-corrected chi connectivity index (χ2v) is 6.66. The molecule has 0 saturated heterocycles. The Bertz CT molecular complexity index is 561. The molecule has 0 aromatic heterocycles. The van der Waals surface area contributed by atoms with E-state index in [9.17, 15) is 14.4 Å². The predicted molar refractivity (Wildman–Crippen MR) is 95.0 cm³/mol. The van der Waals surface area contributed by atoms with Crippen LogP contribution in [0.1, 0.15) is 25.7 Å². The van der Waals surface area contributed by atoms with E-state index in [1.807, 2.05) is 0 Å². The van der Waals surface area contributed by atoms with Gasteiger partial charge in [-0.1, -0.05) is 28.6 Å². The number of ketones is 1. The largest absolute Gasteiger partial charge is 0.469 e. The molecule has 0 aliphatic heterocycles. The Morgan fingerprint density at radius 2 is 1.83 bits per heavy atom. The average molecular weight is 399 g/mol. The summed E-state index contributed by atoms with van der Waals surface area (Å²) in [6.45, 7) is 3.48. The molecule has 0 spiro atoms. The van der Waals surface area contributed by atoms with E-state index in [0.717, 1.165) is 0 Å². The summed E-state index contributed by atoms with van der Waals surface area (Å²) >= 11 is 3.15. The standard InChI is InChI=1S/C17H23BrN2O4/c1-11(18)4-3-5-14(19)15(21)10-20-16(22)12-6-8-13(9-7-12)17(23)24-2/h3-5,12-13H,1,6-10,19H2,2H3,(H,20,22)/b4-3-,14-5-. The highest BCUT2D eigenvalue weighted by atomic mass is 79.9. The van der Waals surface area contributed by atoms with Crippen molar-refractivity contribution in [2.75, 3.05) is 13.7 Å². The van der Waals surface area contributed by atoms with Crippen molar-refractivity contribution >= 4 is 33.6 Å². The van der Waals surface area contributed by atoms with Gasteiger partial charge in [-0.25, -0.2) is 0 Å². The van der Waals surface area contributed by atoms with Crippen molar-refractivity contribution in [3.63, 3.8) is 0 Å². The summed E-state index contributed by atoms with van der Waals surface area (Å²) in [5, 5.41) is 2.61. The number of esters is 1. The molecule has 0 unspecified atom stereocenters. The highest BCUT2D eigenvalue weighted by Crippen LogP contribution is 2.29. The van der Waals surface area contributed by atoms with Gasteiger partial charge in [-0.3, -0.25) is 14.4 Å². The first kappa shape index (κ1) is 20.2. The van der Waals surface area contributed by atoms with Crippen molar-refractivity contribution in [1.29, 1.82) is 0 Å². The number of allylic oxidation sites excluding steroid dienone is 4. The van der Waals surface area contributed by atoms with Gasteiger partial charge < -0.3 is 15.8 Å². The number of Topliss-reactive ketones (excluding diaryl/α,β-unsaturated/α-hetero) is 1. The van der Waals surface area contributed by atoms with E-state index in [1.54, 1.807) is 12.2 Å². The fourth-order valence-corrected chi connectivity index (χ4v) is 2.67. The molecule has 1 fully saturated rings. The van der Waals surface area contributed by atoms with Gasteiger partial charge >= 0.3 is 5.97 Å². The van der Waals surface area contributed by atoms with Crippen LogP contribution in [-0.4, -0.2) is 31.3 Å². The number of nitrogens with two attached hydrogens (primary N) is 1. The summed E-state index contributed by atoms with van der Waals surface area (Å²) in [4.78, 5) is 35.4. The summed E-state index contributed by atoms with van der Waals surface area (Å²) in [7, 11) is 1.37. The number of nitrogens with one attached hydrogen (secondary N) is 1. The van der Waals surface area contributed by atoms with Crippen molar-refractivity contribution in [3.05, 3.63) is 35.0 Å². The molecule has 24 heavy (non-hydrogen) atoms. The fourth-order valence-electron chi connectivity index (χ4n) is 2.52. The van der Waals surface area contributed by atoms with E-state index in [4.69, 9.17) is 10.5 Å². The number of carbonyl (C=O) groups is 3. The quantitative estimate of drug-likeness (QED) is 0.388. The van der Waals surface area contributed by atoms with E-state index in [2.05, 4.69) is 27.8 Å². The third-order valence-corrected chi connectivity index (χ3v) is 4.19. The molecule has 0 aromatic rings. The minimum Gasteiger partial charge on any atom is -0.469 e. The number of amides is 1. The van der Waals surface area contributed by atoms with Crippen LogP contribution >= 0.6 is 15.9 Å². The van der Waals surface area contributed by atoms with Gasteiger partial charge in [0, 0.05) is 10.4 Å². The number of methoxy groups -OCH3 is 1. The maximum atomic E-state index is 12.1. The SMILES string of the molecule is C=C(Br)/C=C\C=C(/N)C(=O)CNC(=O)C1CCC(C(=O)OC)CC1. The molecular formula is C17H23BrN2O4. The number of hydrogen-bond donors (Lipinski definition) is 2. The Morgan fingerprint density at radius 3 is 2.38 bits per heavy atom. The molecule has 132 valence electrons. The number of hydrogen-bond acceptors (Lipinski definition) is 5. The summed E-state index contributed by atoms with van der Waals surface area (Å²) in [5.74, 6) is -1.06. The lowest BCUT2D eigenvalue weighted by Crippen LogP contribution is -2.38. The molecule has 0 heterocycles. The molecule has 0 radical (unpaired) electrons. The van der Waals surface area contributed by atoms with Gasteiger partial charge in [0.2, 0.25) is 5.91 Å². The van der Waals surface area contributed by atoms with Crippen molar-refractivity contribution in [1.82, 2.24) is 5.32 Å². The van der Waals surface area contributed by atoms with Gasteiger partial charge in [0.25, 0.3) is 0 Å². The average Bonchev–Trinajstić information content (AvgIpc) is 2.58. The molecule has 1 aliphatic carbocycles. The predicted octanol–water partition coefficient (Wildman–Crippen LogP) is 1.96. The lowest BCUT2D eigenvalue weighted by molar-refractivity contribution is -0.147. The first-order valence-corrected chi connectivity index (χ1v) is 8.51. The van der Waals surface area contributed by atoms with Crippen molar-refractivity contribution < 1.29 is 19.1 Å². The minimum atomic E-state index is -0.351.